The van der Waals surface area contributed by atoms with Gasteiger partial charge in [0, 0.05) is 19.0 Å². The summed E-state index contributed by atoms with van der Waals surface area (Å²) in [5.41, 5.74) is 4.63. The Bertz CT molecular complexity index is 1400. The van der Waals surface area contributed by atoms with E-state index in [0.717, 1.165) is 61.3 Å². The lowest BCUT2D eigenvalue weighted by atomic mass is 9.93. The van der Waals surface area contributed by atoms with E-state index < -0.39 is 10.0 Å². The number of nitrogens with one attached hydrogen (secondary N) is 3. The number of carbonyl (C=O) groups excluding carboxylic acids is 1. The van der Waals surface area contributed by atoms with Crippen LogP contribution in [-0.2, 0) is 10.0 Å². The van der Waals surface area contributed by atoms with Crippen molar-refractivity contribution < 1.29 is 13.2 Å². The molecule has 1 saturated heterocycles. The number of H-pyrrole nitrogens is 1. The van der Waals surface area contributed by atoms with Crippen molar-refractivity contribution in [2.45, 2.75) is 51.4 Å². The molecule has 0 bridgehead atoms. The predicted octanol–water partition coefficient (Wildman–Crippen LogP) is 4.83. The fourth-order valence-electron chi connectivity index (χ4n) is 5.09. The van der Waals surface area contributed by atoms with Crippen LogP contribution in [0.2, 0.25) is 0 Å². The van der Waals surface area contributed by atoms with Crippen LogP contribution in [0.25, 0.3) is 11.0 Å². The van der Waals surface area contributed by atoms with E-state index in [9.17, 15) is 13.2 Å². The SMILES string of the molecule is CCS(=O)(=O)Nc1ccc(C(=O)Nc2cccc3[nH]c(C4CC4)nc23)c(N2CCC3(CC2)CC3)c1. The summed E-state index contributed by atoms with van der Waals surface area (Å²) in [4.78, 5) is 23.9. The van der Waals surface area contributed by atoms with Crippen LogP contribution in [0.4, 0.5) is 17.1 Å². The van der Waals surface area contributed by atoms with Crippen LogP contribution in [0.3, 0.4) is 0 Å². The third-order valence-corrected chi connectivity index (χ3v) is 9.07. The van der Waals surface area contributed by atoms with Gasteiger partial charge in [0.15, 0.2) is 0 Å². The number of rotatable bonds is 7. The highest BCUT2D eigenvalue weighted by molar-refractivity contribution is 7.92. The van der Waals surface area contributed by atoms with Gasteiger partial charge in [-0.15, -0.1) is 0 Å². The topological polar surface area (TPSA) is 107 Å². The lowest BCUT2D eigenvalue weighted by molar-refractivity contribution is 0.102. The molecule has 9 heteroatoms. The van der Waals surface area contributed by atoms with Crippen molar-refractivity contribution in [3.63, 3.8) is 0 Å². The van der Waals surface area contributed by atoms with E-state index in [1.807, 2.05) is 18.2 Å². The first-order valence-corrected chi connectivity index (χ1v) is 14.2. The van der Waals surface area contributed by atoms with Crippen molar-refractivity contribution in [3.05, 3.63) is 47.8 Å². The Hall–Kier alpha value is -3.07. The fourth-order valence-corrected chi connectivity index (χ4v) is 5.72. The molecule has 2 heterocycles. The van der Waals surface area contributed by atoms with Gasteiger partial charge >= 0.3 is 0 Å². The molecular formula is C26H31N5O3S. The van der Waals surface area contributed by atoms with Crippen LogP contribution in [0, 0.1) is 5.41 Å². The van der Waals surface area contributed by atoms with Crippen LogP contribution >= 0.6 is 0 Å². The van der Waals surface area contributed by atoms with Crippen molar-refractivity contribution in [1.82, 2.24) is 9.97 Å². The van der Waals surface area contributed by atoms with E-state index >= 15 is 0 Å². The lowest BCUT2D eigenvalue weighted by Gasteiger charge is -2.35. The molecule has 3 N–H and O–H groups in total. The van der Waals surface area contributed by atoms with Gasteiger partial charge in [0.1, 0.15) is 11.3 Å². The molecule has 3 fully saturated rings. The number of hydrogen-bond donors (Lipinski definition) is 3. The van der Waals surface area contributed by atoms with Gasteiger partial charge in [-0.3, -0.25) is 9.52 Å². The molecule has 2 aliphatic carbocycles. The van der Waals surface area contributed by atoms with Crippen LogP contribution in [0.15, 0.2) is 36.4 Å². The van der Waals surface area contributed by atoms with E-state index in [4.69, 9.17) is 4.98 Å². The summed E-state index contributed by atoms with van der Waals surface area (Å²) in [6.07, 6.45) is 7.10. The van der Waals surface area contributed by atoms with Gasteiger partial charge in [-0.2, -0.15) is 0 Å². The Morgan fingerprint density at radius 1 is 1.14 bits per heavy atom. The van der Waals surface area contributed by atoms with E-state index in [1.54, 1.807) is 25.1 Å². The number of aromatic nitrogens is 2. The number of benzene rings is 2. The molecule has 0 unspecified atom stereocenters. The first-order valence-electron chi connectivity index (χ1n) is 12.5. The maximum Gasteiger partial charge on any atom is 0.257 e. The third kappa shape index (κ3) is 4.49. The number of carbonyl (C=O) groups is 1. The van der Waals surface area contributed by atoms with E-state index in [0.29, 0.717) is 28.3 Å². The maximum absolute atomic E-state index is 13.6. The van der Waals surface area contributed by atoms with E-state index in [2.05, 4.69) is 19.9 Å². The summed E-state index contributed by atoms with van der Waals surface area (Å²) in [5, 5.41) is 3.07. The van der Waals surface area contributed by atoms with Gasteiger partial charge in [-0.25, -0.2) is 13.4 Å². The molecule has 3 aromatic rings. The summed E-state index contributed by atoms with van der Waals surface area (Å²) in [6, 6.07) is 11.0. The number of amides is 1. The number of imidazole rings is 1. The highest BCUT2D eigenvalue weighted by Gasteiger charge is 2.44. The molecule has 0 radical (unpaired) electrons. The van der Waals surface area contributed by atoms with Crippen LogP contribution in [-0.4, -0.2) is 43.1 Å². The van der Waals surface area contributed by atoms with Crippen molar-refractivity contribution in [3.8, 4) is 0 Å². The average Bonchev–Trinajstić information content (AvgIpc) is 3.78. The monoisotopic (exact) mass is 493 g/mol. The molecule has 1 amide bonds. The molecule has 3 aliphatic rings. The van der Waals surface area contributed by atoms with Gasteiger partial charge in [0.2, 0.25) is 10.0 Å². The highest BCUT2D eigenvalue weighted by atomic mass is 32.2. The summed E-state index contributed by atoms with van der Waals surface area (Å²) < 4.78 is 27.0. The normalized spacial score (nSPS) is 19.2. The molecule has 2 saturated carbocycles. The average molecular weight is 494 g/mol. The first-order chi connectivity index (χ1) is 16.8. The lowest BCUT2D eigenvalue weighted by Crippen LogP contribution is -2.35. The Labute approximate surface area is 205 Å². The third-order valence-electron chi connectivity index (χ3n) is 7.76. The summed E-state index contributed by atoms with van der Waals surface area (Å²) >= 11 is 0. The van der Waals surface area contributed by atoms with Gasteiger partial charge < -0.3 is 15.2 Å². The van der Waals surface area contributed by atoms with Gasteiger partial charge in [-0.05, 0) is 81.2 Å². The Balaban J connectivity index is 1.31. The molecule has 2 aromatic carbocycles. The Morgan fingerprint density at radius 2 is 1.91 bits per heavy atom. The van der Waals surface area contributed by atoms with Gasteiger partial charge in [0.25, 0.3) is 5.91 Å². The minimum Gasteiger partial charge on any atom is -0.371 e. The van der Waals surface area contributed by atoms with Crippen LogP contribution in [0.5, 0.6) is 0 Å². The number of nitrogens with zero attached hydrogens (tertiary/aromatic N) is 2. The van der Waals surface area contributed by atoms with Crippen molar-refractivity contribution >= 4 is 44.0 Å². The number of sulfonamides is 1. The second-order valence-electron chi connectivity index (χ2n) is 10.3. The van der Waals surface area contributed by atoms with Crippen molar-refractivity contribution in [2.75, 3.05) is 33.8 Å². The number of aromatic amines is 1. The van der Waals surface area contributed by atoms with Gasteiger partial charge in [-0.1, -0.05) is 6.07 Å². The molecule has 1 aromatic heterocycles. The Kier molecular flexibility index (Phi) is 5.28. The predicted molar refractivity (Wildman–Crippen MR) is 139 cm³/mol. The van der Waals surface area contributed by atoms with E-state index in [-0.39, 0.29) is 11.7 Å². The zero-order chi connectivity index (χ0) is 24.2. The van der Waals surface area contributed by atoms with Crippen LogP contribution < -0.4 is 14.9 Å². The summed E-state index contributed by atoms with van der Waals surface area (Å²) in [7, 11) is -3.42. The fraction of sp³-hybridized carbons (Fsp3) is 0.462. The molecular weight excluding hydrogens is 462 g/mol. The minimum absolute atomic E-state index is 0.00663. The maximum atomic E-state index is 13.6. The number of fused-ring (bicyclic) bond motifs is 1. The second kappa shape index (κ2) is 8.26. The molecule has 1 aliphatic heterocycles. The highest BCUT2D eigenvalue weighted by Crippen LogP contribution is 2.54. The first kappa shape index (κ1) is 22.4. The zero-order valence-electron chi connectivity index (χ0n) is 19.9. The molecule has 35 heavy (non-hydrogen) atoms. The summed E-state index contributed by atoms with van der Waals surface area (Å²) in [6.45, 7) is 3.34. The minimum atomic E-state index is -3.42. The Morgan fingerprint density at radius 3 is 2.60 bits per heavy atom. The smallest absolute Gasteiger partial charge is 0.257 e. The standard InChI is InChI=1S/C26H31N5O3S/c1-2-35(33,34)30-18-8-9-19(22(16-18)31-14-12-26(10-11-26)13-15-31)25(32)28-21-5-3-4-20-23(21)29-24(27-20)17-6-7-17/h3-5,8-9,16-17,30H,2,6-7,10-15H2,1H3,(H,27,29)(H,28,32). The van der Waals surface area contributed by atoms with Crippen LogP contribution in [0.1, 0.15) is 67.5 Å². The van der Waals surface area contributed by atoms with E-state index in [1.165, 1.54) is 12.8 Å². The quantitative estimate of drug-likeness (QED) is 0.437. The molecule has 6 rings (SSSR count). The number of hydrogen-bond acceptors (Lipinski definition) is 5. The van der Waals surface area contributed by atoms with Gasteiger partial charge in [0.05, 0.1) is 33.9 Å². The number of anilines is 3. The van der Waals surface area contributed by atoms with Crippen molar-refractivity contribution in [1.29, 1.82) is 0 Å². The molecule has 0 atom stereocenters. The largest absolute Gasteiger partial charge is 0.371 e. The zero-order valence-corrected chi connectivity index (χ0v) is 20.7. The van der Waals surface area contributed by atoms with Crippen molar-refractivity contribution in [2.24, 2.45) is 5.41 Å². The summed E-state index contributed by atoms with van der Waals surface area (Å²) in [5.74, 6) is 1.25. The molecule has 184 valence electrons. The number of para-hydroxylation sites is 1. The number of piperidine rings is 1. The molecule has 1 spiro atoms. The molecule has 8 nitrogen and oxygen atoms in total. The second-order valence-corrected chi connectivity index (χ2v) is 12.3.